The summed E-state index contributed by atoms with van der Waals surface area (Å²) in [5.41, 5.74) is 0. The van der Waals surface area contributed by atoms with Crippen LogP contribution in [0.1, 0.15) is 199 Å². The Balaban J connectivity index is 0.00000204. The molecule has 47 heavy (non-hydrogen) atoms. The number of hydrogen-bond acceptors (Lipinski definition) is 4. The molecule has 2 fully saturated rings. The standard InChI is InChI=1S/C34H65N2OS.C8H15.U/c1-35(2)30-31-36(28-20-11-7-3-4-9-13-22-32-37)29-21-12-8-5-6-10-17-26-34(38)27-19-18-25-33-23-15-14-16-24-33;1-2-8-6-4-3-5-7-8;/h33H,3-31H2,1-2H3;8H,1-7H2;/q2*-1;+2. The van der Waals surface area contributed by atoms with Gasteiger partial charge >= 0.3 is 31.1 Å². The van der Waals surface area contributed by atoms with E-state index in [0.29, 0.717) is 6.42 Å². The maximum atomic E-state index is 10.3. The third kappa shape index (κ3) is 32.4. The number of thiocarbonyl (C=S) groups is 1. The first-order chi connectivity index (χ1) is 22.5. The molecule has 0 atom stereocenters. The molecule has 0 heterocycles. The van der Waals surface area contributed by atoms with E-state index in [0.717, 1.165) is 24.8 Å². The van der Waals surface area contributed by atoms with Crippen molar-refractivity contribution in [1.29, 1.82) is 0 Å². The molecule has 2 aliphatic carbocycles. The molecule has 0 bridgehead atoms. The molecule has 274 valence electrons. The summed E-state index contributed by atoms with van der Waals surface area (Å²) in [5.74, 6) is 2.01. The van der Waals surface area contributed by atoms with Crippen LogP contribution in [0.3, 0.4) is 0 Å². The molecule has 2 saturated carbocycles. The number of rotatable bonds is 29. The molecule has 0 radical (unpaired) electrons. The van der Waals surface area contributed by atoms with Crippen LogP contribution in [-0.2, 0) is 4.79 Å². The Labute approximate surface area is 325 Å². The van der Waals surface area contributed by atoms with Gasteiger partial charge in [0.25, 0.3) is 0 Å². The maximum Gasteiger partial charge on any atom is 2.00 e. The van der Waals surface area contributed by atoms with Gasteiger partial charge in [0.1, 0.15) is 0 Å². The largest absolute Gasteiger partial charge is 2.00 e. The quantitative estimate of drug-likeness (QED) is 0.0424. The average Bonchev–Trinajstić information content (AvgIpc) is 3.08. The van der Waals surface area contributed by atoms with E-state index in [9.17, 15) is 4.79 Å². The number of unbranched alkanes of at least 4 members (excludes halogenated alkanes) is 14. The van der Waals surface area contributed by atoms with Crippen molar-refractivity contribution >= 4 is 23.4 Å². The van der Waals surface area contributed by atoms with Gasteiger partial charge < -0.3 is 21.5 Å². The van der Waals surface area contributed by atoms with E-state index in [-0.39, 0.29) is 31.1 Å². The van der Waals surface area contributed by atoms with E-state index >= 15 is 0 Å². The third-order valence-corrected chi connectivity index (χ3v) is 11.1. The van der Waals surface area contributed by atoms with Gasteiger partial charge in [-0.05, 0) is 76.5 Å². The number of likely N-dealkylation sites (N-methyl/N-ethyl adjacent to an activating group) is 1. The van der Waals surface area contributed by atoms with Crippen LogP contribution < -0.4 is 0 Å². The predicted molar refractivity (Wildman–Crippen MR) is 209 cm³/mol. The second kappa shape index (κ2) is 36.5. The summed E-state index contributed by atoms with van der Waals surface area (Å²) in [7, 11) is 4.37. The summed E-state index contributed by atoms with van der Waals surface area (Å²) < 4.78 is 0. The molecule has 5 heteroatoms. The Morgan fingerprint density at radius 2 is 1.04 bits per heavy atom. The van der Waals surface area contributed by atoms with Crippen LogP contribution in [0.25, 0.3) is 0 Å². The fourth-order valence-corrected chi connectivity index (χ4v) is 7.76. The van der Waals surface area contributed by atoms with Crippen molar-refractivity contribution in [2.24, 2.45) is 11.8 Å². The van der Waals surface area contributed by atoms with Gasteiger partial charge in [0.2, 0.25) is 0 Å². The number of carbonyl (C=O) groups excluding carboxylic acids is 1. The molecule has 0 N–H and O–H groups in total. The molecule has 0 saturated heterocycles. The van der Waals surface area contributed by atoms with Crippen molar-refractivity contribution in [2.45, 2.75) is 199 Å². The van der Waals surface area contributed by atoms with E-state index in [4.69, 9.17) is 12.2 Å². The molecule has 0 unspecified atom stereocenters. The first-order valence-corrected chi connectivity index (χ1v) is 21.0. The van der Waals surface area contributed by atoms with Crippen molar-refractivity contribution in [3.63, 3.8) is 0 Å². The van der Waals surface area contributed by atoms with E-state index in [1.165, 1.54) is 211 Å². The van der Waals surface area contributed by atoms with Gasteiger partial charge in [-0.1, -0.05) is 166 Å². The van der Waals surface area contributed by atoms with Gasteiger partial charge in [-0.2, -0.15) is 12.8 Å². The van der Waals surface area contributed by atoms with Crippen molar-refractivity contribution in [1.82, 2.24) is 9.80 Å². The minimum absolute atomic E-state index is 0. The van der Waals surface area contributed by atoms with E-state index < -0.39 is 0 Å². The van der Waals surface area contributed by atoms with Gasteiger partial charge in [0.05, 0.1) is 0 Å². The van der Waals surface area contributed by atoms with Gasteiger partial charge in [-0.25, -0.2) is 0 Å². The number of hydrogen-bond donors (Lipinski definition) is 0. The smallest absolute Gasteiger partial charge is 0.542 e. The zero-order valence-electron chi connectivity index (χ0n) is 31.8. The molecule has 0 spiro atoms. The molecule has 0 amide bonds. The van der Waals surface area contributed by atoms with E-state index in [1.54, 1.807) is 0 Å². The van der Waals surface area contributed by atoms with Crippen LogP contribution in [-0.4, -0.2) is 61.2 Å². The predicted octanol–water partition coefficient (Wildman–Crippen LogP) is 12.5. The summed E-state index contributed by atoms with van der Waals surface area (Å²) in [6.45, 7) is 8.80. The van der Waals surface area contributed by atoms with Crippen LogP contribution in [0, 0.1) is 49.9 Å². The molecule has 0 aromatic rings. The zero-order chi connectivity index (χ0) is 33.3. The van der Waals surface area contributed by atoms with Crippen LogP contribution in [0.2, 0.25) is 0 Å². The van der Waals surface area contributed by atoms with Crippen molar-refractivity contribution < 1.29 is 35.9 Å². The minimum atomic E-state index is 0. The van der Waals surface area contributed by atoms with E-state index in [2.05, 4.69) is 30.8 Å². The normalized spacial score (nSPS) is 15.8. The Bertz CT molecular complexity index is 663. The Morgan fingerprint density at radius 1 is 0.596 bits per heavy atom. The van der Waals surface area contributed by atoms with Gasteiger partial charge in [0, 0.05) is 13.1 Å². The molecule has 0 aromatic carbocycles. The van der Waals surface area contributed by atoms with Crippen LogP contribution >= 0.6 is 12.2 Å². The molecular formula is C42H80N2OSU. The fourth-order valence-electron chi connectivity index (χ4n) is 7.47. The van der Waals surface area contributed by atoms with Gasteiger partial charge in [-0.15, -0.1) is 0 Å². The Kier molecular flexibility index (Phi) is 37.1. The molecular weight excluding hydrogens is 819 g/mol. The SMILES string of the molecule is CN(C)CCN(CCCCCCCCC[C-]=O)CCCCCCCCCC(=S)CCCCC1CCCCC1.[CH2-]CC1CCCCC1.[U+2]. The second-order valence-electron chi connectivity index (χ2n) is 15.3. The second-order valence-corrected chi connectivity index (χ2v) is 15.9. The first-order valence-electron chi connectivity index (χ1n) is 20.6. The molecule has 0 aliphatic heterocycles. The first kappa shape index (κ1) is 47.7. The molecule has 3 nitrogen and oxygen atoms in total. The topological polar surface area (TPSA) is 23.6 Å². The Hall–Kier alpha value is 0.732. The monoisotopic (exact) mass is 899 g/mol. The van der Waals surface area contributed by atoms with Crippen molar-refractivity contribution in [2.75, 3.05) is 40.3 Å². The van der Waals surface area contributed by atoms with Crippen molar-refractivity contribution in [3.05, 3.63) is 6.92 Å². The summed E-state index contributed by atoms with van der Waals surface area (Å²) in [6, 6.07) is 0. The summed E-state index contributed by atoms with van der Waals surface area (Å²) in [5, 5.41) is 0. The van der Waals surface area contributed by atoms with Crippen LogP contribution in [0.4, 0.5) is 0 Å². The summed E-state index contributed by atoms with van der Waals surface area (Å²) >= 11 is 5.67. The third-order valence-electron chi connectivity index (χ3n) is 10.7. The molecule has 2 aliphatic rings. The zero-order valence-corrected chi connectivity index (χ0v) is 36.8. The number of nitrogens with zero attached hydrogens (tertiary/aromatic N) is 2. The van der Waals surface area contributed by atoms with Crippen LogP contribution in [0.5, 0.6) is 0 Å². The summed E-state index contributed by atoms with van der Waals surface area (Å²) in [6.07, 6.45) is 43.5. The van der Waals surface area contributed by atoms with Crippen LogP contribution in [0.15, 0.2) is 0 Å². The fraction of sp³-hybridized carbons (Fsp3) is 0.929. The summed E-state index contributed by atoms with van der Waals surface area (Å²) in [4.78, 5) is 16.6. The molecule has 2 rings (SSSR count). The van der Waals surface area contributed by atoms with Gasteiger partial charge in [-0.3, -0.25) is 6.29 Å². The average molecular weight is 899 g/mol. The molecule has 0 aromatic heterocycles. The maximum absolute atomic E-state index is 10.3. The Morgan fingerprint density at radius 3 is 1.51 bits per heavy atom. The van der Waals surface area contributed by atoms with E-state index in [1.807, 2.05) is 6.29 Å². The minimum Gasteiger partial charge on any atom is -0.542 e. The van der Waals surface area contributed by atoms with Gasteiger partial charge in [0.15, 0.2) is 0 Å². The van der Waals surface area contributed by atoms with Crippen molar-refractivity contribution in [3.8, 4) is 0 Å².